The Labute approximate surface area is 91.6 Å². The Bertz CT molecular complexity index is 228. The molecule has 1 saturated carbocycles. The average molecular weight is 219 g/mol. The van der Waals surface area contributed by atoms with Crippen LogP contribution in [0.1, 0.15) is 26.7 Å². The summed E-state index contributed by atoms with van der Waals surface area (Å²) in [7, 11) is 0. The van der Waals surface area contributed by atoms with Gasteiger partial charge in [-0.3, -0.25) is 4.79 Å². The van der Waals surface area contributed by atoms with E-state index in [9.17, 15) is 4.79 Å². The molecular formula is C10H19ClN2O. The van der Waals surface area contributed by atoms with Crippen molar-refractivity contribution >= 4 is 18.3 Å². The monoisotopic (exact) mass is 218 g/mol. The van der Waals surface area contributed by atoms with Crippen LogP contribution in [0.25, 0.3) is 0 Å². The molecule has 1 aliphatic heterocycles. The van der Waals surface area contributed by atoms with Crippen LogP contribution in [0.2, 0.25) is 0 Å². The molecule has 14 heavy (non-hydrogen) atoms. The molecule has 0 unspecified atom stereocenters. The van der Waals surface area contributed by atoms with E-state index < -0.39 is 0 Å². The molecule has 0 radical (unpaired) electrons. The number of hydrogen-bond donors (Lipinski definition) is 1. The van der Waals surface area contributed by atoms with Gasteiger partial charge < -0.3 is 10.2 Å². The number of piperazine rings is 1. The van der Waals surface area contributed by atoms with Gasteiger partial charge in [-0.15, -0.1) is 12.4 Å². The Morgan fingerprint density at radius 1 is 1.50 bits per heavy atom. The number of carbonyl (C=O) groups excluding carboxylic acids is 1. The van der Waals surface area contributed by atoms with Crippen LogP contribution >= 0.6 is 12.4 Å². The van der Waals surface area contributed by atoms with E-state index in [0.717, 1.165) is 32.5 Å². The first-order chi connectivity index (χ1) is 6.12. The van der Waals surface area contributed by atoms with Crippen LogP contribution in [0.4, 0.5) is 0 Å². The molecular weight excluding hydrogens is 200 g/mol. The fourth-order valence-electron chi connectivity index (χ4n) is 1.90. The molecule has 1 amide bonds. The molecule has 2 fully saturated rings. The van der Waals surface area contributed by atoms with Crippen LogP contribution < -0.4 is 5.32 Å². The number of halogens is 1. The summed E-state index contributed by atoms with van der Waals surface area (Å²) in [4.78, 5) is 13.9. The molecule has 1 atom stereocenters. The standard InChI is InChI=1S/C10H18N2O.ClH/c1-8-7-12(6-5-11-8)9(13)10(2)3-4-10;/h8,11H,3-7H2,1-2H3;1H/t8-;/m1./s1. The van der Waals surface area contributed by atoms with Gasteiger partial charge >= 0.3 is 0 Å². The lowest BCUT2D eigenvalue weighted by atomic mass is 10.1. The van der Waals surface area contributed by atoms with Crippen molar-refractivity contribution in [3.8, 4) is 0 Å². The molecule has 1 saturated heterocycles. The predicted octanol–water partition coefficient (Wildman–Crippen LogP) is 1.03. The molecule has 1 heterocycles. The minimum atomic E-state index is 0. The Hall–Kier alpha value is -0.280. The van der Waals surface area contributed by atoms with Gasteiger partial charge in [-0.25, -0.2) is 0 Å². The lowest BCUT2D eigenvalue weighted by Gasteiger charge is -2.33. The quantitative estimate of drug-likeness (QED) is 0.713. The summed E-state index contributed by atoms with van der Waals surface area (Å²) in [6.07, 6.45) is 2.17. The molecule has 4 heteroatoms. The third kappa shape index (κ3) is 2.20. The first kappa shape index (κ1) is 11.8. The number of nitrogens with zero attached hydrogens (tertiary/aromatic N) is 1. The van der Waals surface area contributed by atoms with E-state index in [1.165, 1.54) is 0 Å². The van der Waals surface area contributed by atoms with Crippen LogP contribution in [-0.2, 0) is 4.79 Å². The Morgan fingerprint density at radius 3 is 2.64 bits per heavy atom. The smallest absolute Gasteiger partial charge is 0.228 e. The summed E-state index contributed by atoms with van der Waals surface area (Å²) in [5.41, 5.74) is 0.0110. The van der Waals surface area contributed by atoms with Gasteiger partial charge in [-0.1, -0.05) is 6.92 Å². The highest BCUT2D eigenvalue weighted by Gasteiger charge is 2.47. The van der Waals surface area contributed by atoms with Crippen LogP contribution in [0.15, 0.2) is 0 Å². The van der Waals surface area contributed by atoms with E-state index in [0.29, 0.717) is 11.9 Å². The summed E-state index contributed by atoms with van der Waals surface area (Å²) >= 11 is 0. The third-order valence-corrected chi connectivity index (χ3v) is 3.17. The minimum Gasteiger partial charge on any atom is -0.339 e. The molecule has 0 aromatic heterocycles. The first-order valence-corrected chi connectivity index (χ1v) is 5.15. The summed E-state index contributed by atoms with van der Waals surface area (Å²) < 4.78 is 0. The molecule has 2 aliphatic rings. The maximum atomic E-state index is 11.9. The fourth-order valence-corrected chi connectivity index (χ4v) is 1.90. The number of carbonyl (C=O) groups is 1. The average Bonchev–Trinajstić information content (AvgIpc) is 2.84. The van der Waals surface area contributed by atoms with Crippen molar-refractivity contribution in [1.82, 2.24) is 10.2 Å². The van der Waals surface area contributed by atoms with E-state index in [2.05, 4.69) is 19.2 Å². The van der Waals surface area contributed by atoms with E-state index in [-0.39, 0.29) is 17.8 Å². The molecule has 2 rings (SSSR count). The summed E-state index contributed by atoms with van der Waals surface area (Å²) in [5.74, 6) is 0.376. The van der Waals surface area contributed by atoms with Gasteiger partial charge in [0.15, 0.2) is 0 Å². The van der Waals surface area contributed by atoms with Crippen molar-refractivity contribution in [3.05, 3.63) is 0 Å². The second kappa shape index (κ2) is 4.07. The molecule has 3 nitrogen and oxygen atoms in total. The van der Waals surface area contributed by atoms with E-state index in [1.807, 2.05) is 4.90 Å². The third-order valence-electron chi connectivity index (χ3n) is 3.17. The molecule has 0 aromatic rings. The molecule has 82 valence electrons. The van der Waals surface area contributed by atoms with Gasteiger partial charge in [0.2, 0.25) is 5.91 Å². The molecule has 0 bridgehead atoms. The zero-order chi connectivity index (χ0) is 9.47. The van der Waals surface area contributed by atoms with Gasteiger partial charge in [-0.2, -0.15) is 0 Å². The maximum Gasteiger partial charge on any atom is 0.228 e. The second-order valence-corrected chi connectivity index (χ2v) is 4.67. The van der Waals surface area contributed by atoms with Crippen LogP contribution in [-0.4, -0.2) is 36.5 Å². The van der Waals surface area contributed by atoms with Crippen molar-refractivity contribution < 1.29 is 4.79 Å². The summed E-state index contributed by atoms with van der Waals surface area (Å²) in [5, 5.41) is 3.34. The Balaban J connectivity index is 0.000000980. The largest absolute Gasteiger partial charge is 0.339 e. The lowest BCUT2D eigenvalue weighted by Crippen LogP contribution is -2.52. The van der Waals surface area contributed by atoms with Crippen molar-refractivity contribution in [2.24, 2.45) is 5.41 Å². The zero-order valence-electron chi connectivity index (χ0n) is 8.88. The fraction of sp³-hybridized carbons (Fsp3) is 0.900. The van der Waals surface area contributed by atoms with E-state index >= 15 is 0 Å². The first-order valence-electron chi connectivity index (χ1n) is 5.15. The van der Waals surface area contributed by atoms with Crippen molar-refractivity contribution in [2.45, 2.75) is 32.7 Å². The van der Waals surface area contributed by atoms with Crippen molar-refractivity contribution in [3.63, 3.8) is 0 Å². The Morgan fingerprint density at radius 2 is 2.14 bits per heavy atom. The van der Waals surface area contributed by atoms with Crippen LogP contribution in [0.3, 0.4) is 0 Å². The maximum absolute atomic E-state index is 11.9. The predicted molar refractivity (Wildman–Crippen MR) is 58.6 cm³/mol. The molecule has 1 aliphatic carbocycles. The molecule has 0 spiro atoms. The van der Waals surface area contributed by atoms with E-state index in [1.54, 1.807) is 0 Å². The highest BCUT2D eigenvalue weighted by Crippen LogP contribution is 2.46. The number of amides is 1. The molecule has 1 N–H and O–H groups in total. The number of nitrogens with one attached hydrogen (secondary N) is 1. The second-order valence-electron chi connectivity index (χ2n) is 4.67. The summed E-state index contributed by atoms with van der Waals surface area (Å²) in [6, 6.07) is 0.458. The number of rotatable bonds is 1. The Kier molecular flexibility index (Phi) is 3.43. The molecule has 0 aromatic carbocycles. The lowest BCUT2D eigenvalue weighted by molar-refractivity contribution is -0.137. The number of hydrogen-bond acceptors (Lipinski definition) is 2. The highest BCUT2D eigenvalue weighted by atomic mass is 35.5. The van der Waals surface area contributed by atoms with Gasteiger partial charge in [0.05, 0.1) is 0 Å². The SMILES string of the molecule is C[C@@H]1CN(C(=O)C2(C)CC2)CCN1.Cl. The van der Waals surface area contributed by atoms with Crippen LogP contribution in [0.5, 0.6) is 0 Å². The van der Waals surface area contributed by atoms with Crippen molar-refractivity contribution in [2.75, 3.05) is 19.6 Å². The van der Waals surface area contributed by atoms with Crippen LogP contribution in [0, 0.1) is 5.41 Å². The van der Waals surface area contributed by atoms with E-state index in [4.69, 9.17) is 0 Å². The van der Waals surface area contributed by atoms with Crippen molar-refractivity contribution in [1.29, 1.82) is 0 Å². The highest BCUT2D eigenvalue weighted by molar-refractivity contribution is 5.85. The topological polar surface area (TPSA) is 32.3 Å². The summed E-state index contributed by atoms with van der Waals surface area (Å²) in [6.45, 7) is 6.94. The normalized spacial score (nSPS) is 29.3. The van der Waals surface area contributed by atoms with Gasteiger partial charge in [-0.05, 0) is 19.8 Å². The minimum absolute atomic E-state index is 0. The van der Waals surface area contributed by atoms with Gasteiger partial charge in [0.25, 0.3) is 0 Å². The van der Waals surface area contributed by atoms with Gasteiger partial charge in [0, 0.05) is 31.1 Å². The zero-order valence-corrected chi connectivity index (χ0v) is 9.69. The van der Waals surface area contributed by atoms with Gasteiger partial charge in [0.1, 0.15) is 0 Å².